The number of aromatic nitrogens is 1. The second kappa shape index (κ2) is 4.81. The highest BCUT2D eigenvalue weighted by Crippen LogP contribution is 2.31. The Morgan fingerprint density at radius 3 is 2.53 bits per heavy atom. The van der Waals surface area contributed by atoms with Gasteiger partial charge in [-0.25, -0.2) is 0 Å². The SMILES string of the molecule is O=Cc1c([N+](=O)[O-])ncc(OC(F)(F)F)c1I. The van der Waals surface area contributed by atoms with Crippen LogP contribution in [0.3, 0.4) is 0 Å². The summed E-state index contributed by atoms with van der Waals surface area (Å²) < 4.78 is 39.1. The summed E-state index contributed by atoms with van der Waals surface area (Å²) >= 11 is 1.34. The van der Waals surface area contributed by atoms with Crippen LogP contribution in [-0.2, 0) is 0 Å². The maximum atomic E-state index is 11.9. The Hall–Kier alpha value is -1.46. The quantitative estimate of drug-likeness (QED) is 0.357. The van der Waals surface area contributed by atoms with E-state index in [0.29, 0.717) is 6.20 Å². The van der Waals surface area contributed by atoms with Crippen LogP contribution in [0.15, 0.2) is 6.20 Å². The molecule has 0 saturated heterocycles. The zero-order valence-electron chi connectivity index (χ0n) is 7.69. The van der Waals surface area contributed by atoms with Gasteiger partial charge in [-0.2, -0.15) is 0 Å². The third-order valence-corrected chi connectivity index (χ3v) is 2.63. The summed E-state index contributed by atoms with van der Waals surface area (Å²) in [4.78, 5) is 23.2. The Labute approximate surface area is 105 Å². The number of hydrogen-bond acceptors (Lipinski definition) is 5. The van der Waals surface area contributed by atoms with Crippen LogP contribution in [0.2, 0.25) is 0 Å². The average molecular weight is 362 g/mol. The smallest absolute Gasteiger partial charge is 0.401 e. The fourth-order valence-corrected chi connectivity index (χ4v) is 1.54. The van der Waals surface area contributed by atoms with E-state index in [9.17, 15) is 28.1 Å². The van der Waals surface area contributed by atoms with Crippen LogP contribution in [0, 0.1) is 13.7 Å². The van der Waals surface area contributed by atoms with Gasteiger partial charge >= 0.3 is 12.2 Å². The van der Waals surface area contributed by atoms with E-state index in [1.807, 2.05) is 0 Å². The molecule has 10 heteroatoms. The summed E-state index contributed by atoms with van der Waals surface area (Å²) in [7, 11) is 0. The van der Waals surface area contributed by atoms with Gasteiger partial charge in [0, 0.05) is 0 Å². The Morgan fingerprint density at radius 2 is 2.12 bits per heavy atom. The lowest BCUT2D eigenvalue weighted by Crippen LogP contribution is -2.18. The standard InChI is InChI=1S/C7H2F3IN2O4/c8-7(9,10)17-4-1-12-6(13(15)16)3(2-14)5(4)11/h1-2H. The number of pyridine rings is 1. The molecule has 92 valence electrons. The Kier molecular flexibility index (Phi) is 3.85. The molecule has 17 heavy (non-hydrogen) atoms. The first-order chi connectivity index (χ1) is 7.76. The molecule has 0 saturated carbocycles. The fraction of sp³-hybridized carbons (Fsp3) is 0.143. The molecule has 1 aromatic heterocycles. The first-order valence-corrected chi connectivity index (χ1v) is 4.88. The molecule has 0 aliphatic carbocycles. The molecule has 0 bridgehead atoms. The van der Waals surface area contributed by atoms with Crippen LogP contribution in [0.1, 0.15) is 10.4 Å². The molecule has 6 nitrogen and oxygen atoms in total. The number of aldehydes is 1. The highest BCUT2D eigenvalue weighted by atomic mass is 127. The predicted octanol–water partition coefficient (Wildman–Crippen LogP) is 2.31. The largest absolute Gasteiger partial charge is 0.573 e. The number of ether oxygens (including phenoxy) is 1. The first kappa shape index (κ1) is 13.6. The van der Waals surface area contributed by atoms with Crippen molar-refractivity contribution in [3.63, 3.8) is 0 Å². The molecule has 0 spiro atoms. The Morgan fingerprint density at radius 1 is 1.53 bits per heavy atom. The molecule has 0 atom stereocenters. The molecule has 0 unspecified atom stereocenters. The van der Waals surface area contributed by atoms with Gasteiger partial charge in [0.2, 0.25) is 0 Å². The van der Waals surface area contributed by atoms with Gasteiger partial charge in [0.05, 0.1) is 3.57 Å². The second-order valence-corrected chi connectivity index (χ2v) is 3.68. The topological polar surface area (TPSA) is 82.3 Å². The molecule has 0 fully saturated rings. The minimum Gasteiger partial charge on any atom is -0.401 e. The summed E-state index contributed by atoms with van der Waals surface area (Å²) in [6.45, 7) is 0. The highest BCUT2D eigenvalue weighted by molar-refractivity contribution is 14.1. The zero-order valence-corrected chi connectivity index (χ0v) is 9.85. The second-order valence-electron chi connectivity index (χ2n) is 2.60. The van der Waals surface area contributed by atoms with Gasteiger partial charge in [0.15, 0.2) is 18.2 Å². The van der Waals surface area contributed by atoms with Crippen molar-refractivity contribution in [3.05, 3.63) is 25.4 Å². The number of carbonyl (C=O) groups is 1. The molecular weight excluding hydrogens is 360 g/mol. The van der Waals surface area contributed by atoms with Gasteiger partial charge in [-0.05, 0) is 32.5 Å². The number of alkyl halides is 3. The van der Waals surface area contributed by atoms with Gasteiger partial charge in [-0.1, -0.05) is 0 Å². The summed E-state index contributed by atoms with van der Waals surface area (Å²) in [5.74, 6) is -1.58. The zero-order chi connectivity index (χ0) is 13.2. The van der Waals surface area contributed by atoms with Crippen molar-refractivity contribution in [1.29, 1.82) is 0 Å². The molecule has 0 aliphatic heterocycles. The molecule has 0 aliphatic rings. The van der Waals surface area contributed by atoms with E-state index in [4.69, 9.17) is 0 Å². The molecule has 0 amide bonds. The van der Waals surface area contributed by atoms with E-state index in [1.165, 1.54) is 22.6 Å². The summed E-state index contributed by atoms with van der Waals surface area (Å²) in [5.41, 5.74) is -0.558. The fourth-order valence-electron chi connectivity index (χ4n) is 0.923. The van der Waals surface area contributed by atoms with Gasteiger partial charge in [0.25, 0.3) is 0 Å². The molecular formula is C7H2F3IN2O4. The van der Waals surface area contributed by atoms with Gasteiger partial charge in [0.1, 0.15) is 5.56 Å². The van der Waals surface area contributed by atoms with E-state index in [-0.39, 0.29) is 9.86 Å². The number of nitro groups is 1. The maximum absolute atomic E-state index is 11.9. The summed E-state index contributed by atoms with van der Waals surface area (Å²) in [6.07, 6.45) is -4.37. The lowest BCUT2D eigenvalue weighted by Gasteiger charge is -2.09. The molecule has 0 radical (unpaired) electrons. The van der Waals surface area contributed by atoms with Crippen LogP contribution < -0.4 is 4.74 Å². The Bertz CT molecular complexity index is 477. The van der Waals surface area contributed by atoms with Crippen molar-refractivity contribution in [1.82, 2.24) is 4.98 Å². The van der Waals surface area contributed by atoms with E-state index in [0.717, 1.165) is 0 Å². The predicted molar refractivity (Wildman–Crippen MR) is 55.7 cm³/mol. The van der Waals surface area contributed by atoms with Crippen LogP contribution in [0.4, 0.5) is 19.0 Å². The summed E-state index contributed by atoms with van der Waals surface area (Å²) in [6, 6.07) is 0. The van der Waals surface area contributed by atoms with Gasteiger partial charge in [-0.3, -0.25) is 4.79 Å². The third-order valence-electron chi connectivity index (χ3n) is 1.51. The van der Waals surface area contributed by atoms with Crippen LogP contribution in [0.5, 0.6) is 5.75 Å². The van der Waals surface area contributed by atoms with Crippen molar-refractivity contribution in [2.24, 2.45) is 0 Å². The lowest BCUT2D eigenvalue weighted by molar-refractivity contribution is -0.389. The summed E-state index contributed by atoms with van der Waals surface area (Å²) in [5, 5.41) is 10.4. The van der Waals surface area contributed by atoms with Gasteiger partial charge < -0.3 is 14.9 Å². The number of hydrogen-bond donors (Lipinski definition) is 0. The van der Waals surface area contributed by atoms with Crippen LogP contribution in [0.25, 0.3) is 0 Å². The maximum Gasteiger partial charge on any atom is 0.573 e. The van der Waals surface area contributed by atoms with Crippen LogP contribution in [-0.4, -0.2) is 22.6 Å². The van der Waals surface area contributed by atoms with Crippen molar-refractivity contribution >= 4 is 34.7 Å². The van der Waals surface area contributed by atoms with Crippen molar-refractivity contribution in [2.75, 3.05) is 0 Å². The Balaban J connectivity index is 3.30. The number of rotatable bonds is 3. The molecule has 1 heterocycles. The number of carbonyl (C=O) groups excluding carboxylic acids is 1. The normalized spacial score (nSPS) is 11.1. The minimum atomic E-state index is -4.96. The number of halogens is 4. The molecule has 0 N–H and O–H groups in total. The van der Waals surface area contributed by atoms with E-state index < -0.39 is 28.4 Å². The highest BCUT2D eigenvalue weighted by Gasteiger charge is 2.34. The lowest BCUT2D eigenvalue weighted by atomic mass is 10.3. The van der Waals surface area contributed by atoms with E-state index in [1.54, 1.807) is 0 Å². The third kappa shape index (κ3) is 3.25. The average Bonchev–Trinajstić information content (AvgIpc) is 2.18. The number of nitrogens with zero attached hydrogens (tertiary/aromatic N) is 2. The molecule has 0 aromatic carbocycles. The monoisotopic (exact) mass is 362 g/mol. The van der Waals surface area contributed by atoms with Gasteiger partial charge in [-0.15, -0.1) is 13.2 Å². The van der Waals surface area contributed by atoms with Crippen molar-refractivity contribution in [2.45, 2.75) is 6.36 Å². The van der Waals surface area contributed by atoms with Crippen molar-refractivity contribution in [3.8, 4) is 5.75 Å². The molecule has 1 aromatic rings. The van der Waals surface area contributed by atoms with Crippen molar-refractivity contribution < 1.29 is 27.6 Å². The van der Waals surface area contributed by atoms with Crippen LogP contribution >= 0.6 is 22.6 Å². The first-order valence-electron chi connectivity index (χ1n) is 3.80. The van der Waals surface area contributed by atoms with E-state index >= 15 is 0 Å². The molecule has 1 rings (SSSR count). The minimum absolute atomic E-state index is 0.0517. The van der Waals surface area contributed by atoms with E-state index in [2.05, 4.69) is 9.72 Å².